The van der Waals surface area contributed by atoms with Crippen LogP contribution in [0.4, 0.5) is 0 Å². The number of carbonyl (C=O) groups excluding carboxylic acids is 6. The third-order valence-corrected chi connectivity index (χ3v) is 12.4. The summed E-state index contributed by atoms with van der Waals surface area (Å²) < 4.78 is 6.34. The van der Waals surface area contributed by atoms with Crippen molar-refractivity contribution in [1.29, 1.82) is 5.26 Å². The van der Waals surface area contributed by atoms with Crippen LogP contribution in [-0.2, 0) is 22.7 Å². The smallest absolute Gasteiger partial charge is 0.262 e. The summed E-state index contributed by atoms with van der Waals surface area (Å²) in [6, 6.07) is 16.1. The zero-order valence-electron chi connectivity index (χ0n) is 31.5. The number of hydrogen-bond acceptors (Lipinski definition) is 9. The van der Waals surface area contributed by atoms with E-state index in [9.17, 15) is 34.0 Å². The largest absolute Gasteiger partial charge is 0.489 e. The Morgan fingerprint density at radius 3 is 2.09 bits per heavy atom. The van der Waals surface area contributed by atoms with E-state index in [4.69, 9.17) is 16.3 Å². The lowest BCUT2D eigenvalue weighted by Crippen LogP contribution is -2.74. The summed E-state index contributed by atoms with van der Waals surface area (Å²) in [7, 11) is 0. The molecule has 288 valence electrons. The van der Waals surface area contributed by atoms with Crippen molar-refractivity contribution in [2.45, 2.75) is 71.8 Å². The summed E-state index contributed by atoms with van der Waals surface area (Å²) in [5, 5.41) is 14.9. The Balaban J connectivity index is 0.821. The topological polar surface area (TPSA) is 169 Å². The second-order valence-electron chi connectivity index (χ2n) is 16.7. The van der Waals surface area contributed by atoms with Gasteiger partial charge < -0.3 is 15.0 Å². The standard InChI is InChI=1S/C42H41ClN6O7/c1-41(2)39(42(3,4)40(41)56-28-10-9-25(16-44)31(43)15-28)46-34(51)23-5-7-24(8-6-23)36(53)48-18-22(19-48)17-47-20-26-13-29-30(14-27(26)21-47)38(55)49(37(29)54)32-11-12-33(50)45-35(32)52/h5-10,13-15,22,32,39-40H,11-12,17-21H2,1-4H3,(H,46,51)(H,45,50,52). The fourth-order valence-electron chi connectivity index (χ4n) is 9.54. The van der Waals surface area contributed by atoms with Gasteiger partial charge in [0.2, 0.25) is 11.8 Å². The number of carbonyl (C=O) groups is 6. The molecule has 4 aliphatic heterocycles. The Bertz CT molecular complexity index is 2210. The van der Waals surface area contributed by atoms with Crippen molar-refractivity contribution in [3.63, 3.8) is 0 Å². The van der Waals surface area contributed by atoms with Gasteiger partial charge in [-0.1, -0.05) is 39.3 Å². The van der Waals surface area contributed by atoms with Crippen LogP contribution in [-0.4, -0.2) is 88.0 Å². The van der Waals surface area contributed by atoms with Gasteiger partial charge in [-0.05, 0) is 66.1 Å². The molecule has 1 saturated carbocycles. The number of nitriles is 1. The van der Waals surface area contributed by atoms with Crippen molar-refractivity contribution in [3.05, 3.63) is 98.6 Å². The van der Waals surface area contributed by atoms with E-state index in [0.29, 0.717) is 53.6 Å². The molecule has 0 aromatic heterocycles. The van der Waals surface area contributed by atoms with E-state index in [2.05, 4.69) is 15.5 Å². The number of imide groups is 2. The molecule has 5 aliphatic rings. The van der Waals surface area contributed by atoms with Crippen LogP contribution in [0.3, 0.4) is 0 Å². The van der Waals surface area contributed by atoms with Gasteiger partial charge in [0.05, 0.1) is 21.7 Å². The average Bonchev–Trinajstić information content (AvgIpc) is 3.65. The Morgan fingerprint density at radius 2 is 1.52 bits per heavy atom. The van der Waals surface area contributed by atoms with E-state index >= 15 is 0 Å². The van der Waals surface area contributed by atoms with Crippen molar-refractivity contribution in [2.24, 2.45) is 16.7 Å². The van der Waals surface area contributed by atoms with E-state index in [1.165, 1.54) is 0 Å². The molecular weight excluding hydrogens is 736 g/mol. The lowest BCUT2D eigenvalue weighted by atomic mass is 9.49. The number of amides is 6. The van der Waals surface area contributed by atoms with Crippen LogP contribution in [0.1, 0.15) is 98.7 Å². The molecule has 0 bridgehead atoms. The highest BCUT2D eigenvalue weighted by Gasteiger charge is 2.64. The third kappa shape index (κ3) is 6.21. The predicted octanol–water partition coefficient (Wildman–Crippen LogP) is 4.31. The van der Waals surface area contributed by atoms with Crippen molar-refractivity contribution < 1.29 is 33.5 Å². The highest BCUT2D eigenvalue weighted by atomic mass is 35.5. The first-order valence-electron chi connectivity index (χ1n) is 18.7. The molecule has 13 nitrogen and oxygen atoms in total. The third-order valence-electron chi connectivity index (χ3n) is 12.1. The van der Waals surface area contributed by atoms with E-state index in [1.807, 2.05) is 33.8 Å². The number of piperidine rings is 1. The summed E-state index contributed by atoms with van der Waals surface area (Å²) in [6.07, 6.45) is -0.0487. The predicted molar refractivity (Wildman–Crippen MR) is 202 cm³/mol. The van der Waals surface area contributed by atoms with Crippen LogP contribution >= 0.6 is 11.6 Å². The Morgan fingerprint density at radius 1 is 0.911 bits per heavy atom. The van der Waals surface area contributed by atoms with E-state index in [0.717, 1.165) is 22.6 Å². The maximum absolute atomic E-state index is 13.4. The van der Waals surface area contributed by atoms with E-state index < -0.39 is 40.5 Å². The molecule has 56 heavy (non-hydrogen) atoms. The summed E-state index contributed by atoms with van der Waals surface area (Å²) >= 11 is 6.22. The summed E-state index contributed by atoms with van der Waals surface area (Å²) in [6.45, 7) is 11.3. The maximum Gasteiger partial charge on any atom is 0.262 e. The summed E-state index contributed by atoms with van der Waals surface area (Å²) in [5.41, 5.74) is 2.97. The van der Waals surface area contributed by atoms with Gasteiger partial charge in [-0.2, -0.15) is 5.26 Å². The quantitative estimate of drug-likeness (QED) is 0.317. The zero-order chi connectivity index (χ0) is 39.8. The number of nitrogens with one attached hydrogen (secondary N) is 2. The number of hydrogen-bond donors (Lipinski definition) is 2. The van der Waals surface area contributed by atoms with Crippen LogP contribution < -0.4 is 15.4 Å². The number of likely N-dealkylation sites (tertiary alicyclic amines) is 1. The van der Waals surface area contributed by atoms with Gasteiger partial charge in [-0.3, -0.25) is 43.9 Å². The molecule has 3 fully saturated rings. The molecule has 0 spiro atoms. The minimum Gasteiger partial charge on any atom is -0.489 e. The van der Waals surface area contributed by atoms with Gasteiger partial charge in [-0.25, -0.2) is 0 Å². The second-order valence-corrected chi connectivity index (χ2v) is 17.1. The van der Waals surface area contributed by atoms with Crippen molar-refractivity contribution in [3.8, 4) is 11.8 Å². The highest BCUT2D eigenvalue weighted by Crippen LogP contribution is 2.55. The lowest BCUT2D eigenvalue weighted by molar-refractivity contribution is -0.164. The number of benzene rings is 3. The zero-order valence-corrected chi connectivity index (χ0v) is 32.2. The summed E-state index contributed by atoms with van der Waals surface area (Å²) in [5.74, 6) is -1.59. The first-order valence-corrected chi connectivity index (χ1v) is 19.1. The molecule has 2 saturated heterocycles. The van der Waals surface area contributed by atoms with Crippen molar-refractivity contribution in [2.75, 3.05) is 19.6 Å². The maximum atomic E-state index is 13.4. The second kappa shape index (κ2) is 13.6. The van der Waals surface area contributed by atoms with Crippen LogP contribution in [0.15, 0.2) is 54.6 Å². The summed E-state index contributed by atoms with van der Waals surface area (Å²) in [4.78, 5) is 82.3. The molecule has 3 aromatic rings. The molecule has 2 N–H and O–H groups in total. The molecular formula is C42H41ClN6O7. The van der Waals surface area contributed by atoms with Gasteiger partial charge in [-0.15, -0.1) is 0 Å². The molecule has 14 heteroatoms. The number of fused-ring (bicyclic) bond motifs is 2. The Labute approximate surface area is 328 Å². The molecule has 0 radical (unpaired) electrons. The Kier molecular flexibility index (Phi) is 9.05. The normalized spacial score (nSPS) is 23.8. The van der Waals surface area contributed by atoms with E-state index in [1.54, 1.807) is 59.5 Å². The molecule has 3 aromatic carbocycles. The number of nitrogens with zero attached hydrogens (tertiary/aromatic N) is 4. The molecule has 1 atom stereocenters. The van der Waals surface area contributed by atoms with Crippen LogP contribution in [0.2, 0.25) is 5.02 Å². The Hall–Kier alpha value is -5.58. The average molecular weight is 777 g/mol. The molecule has 4 heterocycles. The van der Waals surface area contributed by atoms with Crippen LogP contribution in [0.5, 0.6) is 5.75 Å². The minimum absolute atomic E-state index is 0.0711. The lowest BCUT2D eigenvalue weighted by Gasteiger charge is -2.63. The van der Waals surface area contributed by atoms with Gasteiger partial charge in [0.1, 0.15) is 24.0 Å². The molecule has 8 rings (SSSR count). The first kappa shape index (κ1) is 37.3. The van der Waals surface area contributed by atoms with Gasteiger partial charge >= 0.3 is 0 Å². The van der Waals surface area contributed by atoms with Crippen LogP contribution in [0.25, 0.3) is 0 Å². The highest BCUT2D eigenvalue weighted by molar-refractivity contribution is 6.31. The van der Waals surface area contributed by atoms with Gasteiger partial charge in [0.25, 0.3) is 23.6 Å². The molecule has 6 amide bonds. The number of ether oxygens (including phenoxy) is 1. The van der Waals surface area contributed by atoms with Crippen LogP contribution in [0, 0.1) is 28.1 Å². The monoisotopic (exact) mass is 776 g/mol. The first-order chi connectivity index (χ1) is 26.6. The van der Waals surface area contributed by atoms with Gasteiger partial charge in [0, 0.05) is 79.1 Å². The van der Waals surface area contributed by atoms with Gasteiger partial charge in [0.15, 0.2) is 0 Å². The SMILES string of the molecule is CC1(C)C(NC(=O)c2ccc(C(=O)N3CC(CN4Cc5cc6c(cc5C4)C(=O)N(C4CCC(=O)NC4=O)C6=O)C3)cc2)C(C)(C)C1Oc1ccc(C#N)c(Cl)c1. The van der Waals surface area contributed by atoms with Crippen molar-refractivity contribution >= 4 is 47.0 Å². The number of halogens is 1. The molecule has 1 unspecified atom stereocenters. The fourth-order valence-corrected chi connectivity index (χ4v) is 9.75. The van der Waals surface area contributed by atoms with Crippen molar-refractivity contribution in [1.82, 2.24) is 25.3 Å². The minimum atomic E-state index is -0.996. The van der Waals surface area contributed by atoms with E-state index in [-0.39, 0.29) is 53.8 Å². The fraction of sp³-hybridized carbons (Fsp3) is 0.405. The molecule has 1 aliphatic carbocycles. The number of rotatable bonds is 8.